The number of amides is 1. The minimum atomic E-state index is -0.152. The van der Waals surface area contributed by atoms with Crippen molar-refractivity contribution in [2.45, 2.75) is 37.9 Å². The number of anilines is 1. The Hall–Kier alpha value is -2.32. The minimum Gasteiger partial charge on any atom is -0.356 e. The van der Waals surface area contributed by atoms with Crippen molar-refractivity contribution in [3.05, 3.63) is 41.0 Å². The molecule has 0 aliphatic carbocycles. The van der Waals surface area contributed by atoms with Gasteiger partial charge in [0.15, 0.2) is 10.8 Å². The summed E-state index contributed by atoms with van der Waals surface area (Å²) in [6, 6.07) is 6.93. The summed E-state index contributed by atoms with van der Waals surface area (Å²) in [5.41, 5.74) is 1.37. The number of halogens is 1. The van der Waals surface area contributed by atoms with Crippen LogP contribution in [0.4, 0.5) is 5.82 Å². The number of thioether (sulfide) groups is 1. The lowest BCUT2D eigenvalue weighted by atomic mass is 10.2. The minimum absolute atomic E-state index is 0.152. The van der Waals surface area contributed by atoms with Crippen LogP contribution >= 0.6 is 23.4 Å². The summed E-state index contributed by atoms with van der Waals surface area (Å²) >= 11 is 7.65. The number of fused-ring (bicyclic) bond motifs is 1. The zero-order chi connectivity index (χ0) is 20.9. The Morgan fingerprint density at radius 3 is 2.87 bits per heavy atom. The Balaban J connectivity index is 1.52. The number of carbonyl (C=O) groups excluding carboxylic acids is 1. The monoisotopic (exact) mass is 444 g/mol. The predicted octanol–water partition coefficient (Wildman–Crippen LogP) is 4.01. The molecule has 4 rings (SSSR count). The van der Waals surface area contributed by atoms with Crippen LogP contribution in [0.15, 0.2) is 35.6 Å². The molecule has 2 aromatic heterocycles. The van der Waals surface area contributed by atoms with E-state index in [0.29, 0.717) is 23.7 Å². The van der Waals surface area contributed by atoms with Gasteiger partial charge < -0.3 is 10.2 Å². The lowest BCUT2D eigenvalue weighted by Gasteiger charge is -2.18. The molecule has 3 aromatic rings. The lowest BCUT2D eigenvalue weighted by Crippen LogP contribution is -2.27. The lowest BCUT2D eigenvalue weighted by molar-refractivity contribution is 0.0952. The summed E-state index contributed by atoms with van der Waals surface area (Å²) in [4.78, 5) is 24.3. The molecule has 1 amide bonds. The van der Waals surface area contributed by atoms with Crippen molar-refractivity contribution < 1.29 is 4.79 Å². The largest absolute Gasteiger partial charge is 0.356 e. The van der Waals surface area contributed by atoms with E-state index in [4.69, 9.17) is 21.6 Å². The van der Waals surface area contributed by atoms with Crippen molar-refractivity contribution in [3.63, 3.8) is 0 Å². The van der Waals surface area contributed by atoms with Gasteiger partial charge in [-0.1, -0.05) is 36.4 Å². The van der Waals surface area contributed by atoms with Gasteiger partial charge >= 0.3 is 0 Å². The second-order valence-corrected chi connectivity index (χ2v) is 8.74. The van der Waals surface area contributed by atoms with Gasteiger partial charge in [0.25, 0.3) is 5.91 Å². The SMILES string of the molecule is CCCSc1nc(N2CCCC2)c2cnn(CCNC(=O)c3cccc(Cl)c3)c2n1. The van der Waals surface area contributed by atoms with Crippen LogP contribution in [0.2, 0.25) is 5.02 Å². The van der Waals surface area contributed by atoms with E-state index in [0.717, 1.165) is 47.3 Å². The highest BCUT2D eigenvalue weighted by atomic mass is 35.5. The number of carbonyl (C=O) groups is 1. The Bertz CT molecular complexity index is 1030. The van der Waals surface area contributed by atoms with Crippen molar-refractivity contribution >= 4 is 46.1 Å². The second-order valence-electron chi connectivity index (χ2n) is 7.24. The predicted molar refractivity (Wildman–Crippen MR) is 122 cm³/mol. The maximum atomic E-state index is 12.4. The molecule has 1 N–H and O–H groups in total. The number of nitrogens with one attached hydrogen (secondary N) is 1. The summed E-state index contributed by atoms with van der Waals surface area (Å²) in [7, 11) is 0. The van der Waals surface area contributed by atoms with E-state index >= 15 is 0 Å². The average Bonchev–Trinajstić information content (AvgIpc) is 3.42. The average molecular weight is 445 g/mol. The van der Waals surface area contributed by atoms with Crippen LogP contribution in [-0.2, 0) is 6.54 Å². The van der Waals surface area contributed by atoms with Crippen molar-refractivity contribution in [2.24, 2.45) is 0 Å². The Morgan fingerprint density at radius 2 is 2.10 bits per heavy atom. The first-order chi connectivity index (χ1) is 14.7. The molecule has 1 saturated heterocycles. The number of hydrogen-bond donors (Lipinski definition) is 1. The second kappa shape index (κ2) is 9.66. The highest BCUT2D eigenvalue weighted by Gasteiger charge is 2.20. The van der Waals surface area contributed by atoms with Crippen LogP contribution in [0.1, 0.15) is 36.5 Å². The highest BCUT2D eigenvalue weighted by molar-refractivity contribution is 7.99. The number of hydrogen-bond acceptors (Lipinski definition) is 6. The van der Waals surface area contributed by atoms with Gasteiger partial charge in [0.2, 0.25) is 0 Å². The summed E-state index contributed by atoms with van der Waals surface area (Å²) in [5.74, 6) is 1.81. The van der Waals surface area contributed by atoms with E-state index in [1.165, 1.54) is 12.8 Å². The number of nitrogens with zero attached hydrogens (tertiary/aromatic N) is 5. The highest BCUT2D eigenvalue weighted by Crippen LogP contribution is 2.29. The Morgan fingerprint density at radius 1 is 1.27 bits per heavy atom. The molecule has 0 spiro atoms. The smallest absolute Gasteiger partial charge is 0.251 e. The topological polar surface area (TPSA) is 75.9 Å². The molecule has 1 aromatic carbocycles. The molecule has 0 saturated carbocycles. The maximum absolute atomic E-state index is 12.4. The Labute approximate surface area is 185 Å². The molecular formula is C21H25ClN6OS. The van der Waals surface area contributed by atoms with Crippen LogP contribution in [0.25, 0.3) is 11.0 Å². The molecule has 7 nitrogen and oxygen atoms in total. The third-order valence-electron chi connectivity index (χ3n) is 4.99. The van der Waals surface area contributed by atoms with Crippen LogP contribution in [-0.4, -0.2) is 51.0 Å². The van der Waals surface area contributed by atoms with E-state index < -0.39 is 0 Å². The van der Waals surface area contributed by atoms with Crippen LogP contribution < -0.4 is 10.2 Å². The zero-order valence-electron chi connectivity index (χ0n) is 17.0. The molecule has 0 atom stereocenters. The van der Waals surface area contributed by atoms with E-state index in [2.05, 4.69) is 22.2 Å². The van der Waals surface area contributed by atoms with Gasteiger partial charge in [0, 0.05) is 36.0 Å². The zero-order valence-corrected chi connectivity index (χ0v) is 18.5. The van der Waals surface area contributed by atoms with Crippen molar-refractivity contribution in [1.29, 1.82) is 0 Å². The van der Waals surface area contributed by atoms with E-state index in [9.17, 15) is 4.79 Å². The van der Waals surface area contributed by atoms with Gasteiger partial charge in [-0.15, -0.1) is 0 Å². The van der Waals surface area contributed by atoms with Gasteiger partial charge in [-0.05, 0) is 37.5 Å². The van der Waals surface area contributed by atoms with Crippen molar-refractivity contribution in [1.82, 2.24) is 25.1 Å². The van der Waals surface area contributed by atoms with Gasteiger partial charge in [-0.2, -0.15) is 5.10 Å². The summed E-state index contributed by atoms with van der Waals surface area (Å²) in [5, 5.41) is 9.77. The molecule has 0 radical (unpaired) electrons. The molecule has 0 bridgehead atoms. The maximum Gasteiger partial charge on any atom is 0.251 e. The molecule has 0 unspecified atom stereocenters. The first-order valence-corrected chi connectivity index (χ1v) is 11.7. The number of aromatic nitrogens is 4. The third kappa shape index (κ3) is 4.70. The Kier molecular flexibility index (Phi) is 6.74. The number of benzene rings is 1. The molecule has 30 heavy (non-hydrogen) atoms. The molecule has 1 fully saturated rings. The molecule has 3 heterocycles. The summed E-state index contributed by atoms with van der Waals surface area (Å²) in [6.45, 7) is 5.17. The van der Waals surface area contributed by atoms with E-state index in [1.807, 2.05) is 10.9 Å². The van der Waals surface area contributed by atoms with Crippen molar-refractivity contribution in [3.8, 4) is 0 Å². The van der Waals surface area contributed by atoms with Crippen LogP contribution in [0.3, 0.4) is 0 Å². The van der Waals surface area contributed by atoms with E-state index in [-0.39, 0.29) is 5.91 Å². The first-order valence-electron chi connectivity index (χ1n) is 10.3. The van der Waals surface area contributed by atoms with Crippen molar-refractivity contribution in [2.75, 3.05) is 30.3 Å². The molecule has 158 valence electrons. The first kappa shape index (κ1) is 20.9. The third-order valence-corrected chi connectivity index (χ3v) is 6.28. The fourth-order valence-corrected chi connectivity index (χ4v) is 4.40. The fourth-order valence-electron chi connectivity index (χ4n) is 3.52. The fraction of sp³-hybridized carbons (Fsp3) is 0.429. The molecule has 1 aliphatic rings. The summed E-state index contributed by atoms with van der Waals surface area (Å²) in [6.07, 6.45) is 5.29. The normalized spacial score (nSPS) is 13.9. The van der Waals surface area contributed by atoms with E-state index in [1.54, 1.807) is 36.0 Å². The van der Waals surface area contributed by atoms with Gasteiger partial charge in [-0.25, -0.2) is 14.6 Å². The van der Waals surface area contributed by atoms with Gasteiger partial charge in [0.1, 0.15) is 5.82 Å². The standard InChI is InChI=1S/C21H25ClN6OS/c1-2-12-30-21-25-18(27-9-3-4-10-27)17-14-24-28(19(17)26-21)11-8-23-20(29)15-6-5-7-16(22)13-15/h5-7,13-14H,2-4,8-12H2,1H3,(H,23,29). The molecular weight excluding hydrogens is 420 g/mol. The summed E-state index contributed by atoms with van der Waals surface area (Å²) < 4.78 is 1.85. The quantitative estimate of drug-likeness (QED) is 0.418. The van der Waals surface area contributed by atoms with Crippen LogP contribution in [0, 0.1) is 0 Å². The van der Waals surface area contributed by atoms with Crippen LogP contribution in [0.5, 0.6) is 0 Å². The molecule has 1 aliphatic heterocycles. The van der Waals surface area contributed by atoms with Gasteiger partial charge in [0.05, 0.1) is 18.1 Å². The molecule has 9 heteroatoms. The number of rotatable bonds is 8. The van der Waals surface area contributed by atoms with Gasteiger partial charge in [-0.3, -0.25) is 4.79 Å².